The first-order valence-corrected chi connectivity index (χ1v) is 11.5. The lowest BCUT2D eigenvalue weighted by Gasteiger charge is -2.08. The van der Waals surface area contributed by atoms with Crippen molar-refractivity contribution in [3.63, 3.8) is 0 Å². The number of carbonyl (C=O) groups excluding carboxylic acids is 1. The summed E-state index contributed by atoms with van der Waals surface area (Å²) >= 11 is 4.63. The number of rotatable bonds is 11. The van der Waals surface area contributed by atoms with Crippen LogP contribution in [0.3, 0.4) is 0 Å². The summed E-state index contributed by atoms with van der Waals surface area (Å²) in [5.74, 6) is 1.16. The fourth-order valence-corrected chi connectivity index (χ4v) is 4.83. The lowest BCUT2D eigenvalue weighted by Crippen LogP contribution is -2.27. The zero-order valence-electron chi connectivity index (χ0n) is 15.5. The second-order valence-corrected chi connectivity index (χ2v) is 9.06. The topological polar surface area (TPSA) is 76.1 Å². The van der Waals surface area contributed by atoms with Crippen molar-refractivity contribution in [3.05, 3.63) is 52.2 Å². The lowest BCUT2D eigenvalue weighted by atomic mass is 10.1. The van der Waals surface area contributed by atoms with Crippen molar-refractivity contribution < 1.29 is 9.53 Å². The van der Waals surface area contributed by atoms with Crippen LogP contribution in [-0.2, 0) is 17.6 Å². The van der Waals surface area contributed by atoms with Crippen molar-refractivity contribution >= 4 is 45.5 Å². The fraction of sp³-hybridized carbons (Fsp3) is 0.316. The SMILES string of the molecule is COc1ccccc1CCNC(=O)CSc1nnc(NCCc2cccs2)s1. The van der Waals surface area contributed by atoms with Crippen LogP contribution >= 0.6 is 34.4 Å². The Morgan fingerprint density at radius 3 is 2.86 bits per heavy atom. The van der Waals surface area contributed by atoms with Gasteiger partial charge in [-0.05, 0) is 35.9 Å². The van der Waals surface area contributed by atoms with Crippen molar-refractivity contribution in [1.82, 2.24) is 15.5 Å². The summed E-state index contributed by atoms with van der Waals surface area (Å²) in [5, 5.41) is 17.3. The minimum absolute atomic E-state index is 0.0118. The summed E-state index contributed by atoms with van der Waals surface area (Å²) in [6, 6.07) is 12.0. The molecule has 0 radical (unpaired) electrons. The standard InChI is InChI=1S/C19H22N4O2S3/c1-25-16-7-3-2-5-14(16)8-10-20-17(24)13-27-19-23-22-18(28-19)21-11-9-15-6-4-12-26-15/h2-7,12H,8-11,13H2,1H3,(H,20,24)(H,21,22). The number of anilines is 1. The van der Waals surface area contributed by atoms with E-state index in [1.165, 1.54) is 28.0 Å². The van der Waals surface area contributed by atoms with E-state index in [4.69, 9.17) is 4.74 Å². The predicted octanol–water partition coefficient (Wildman–Crippen LogP) is 3.71. The number of carbonyl (C=O) groups is 1. The van der Waals surface area contributed by atoms with Crippen LogP contribution in [0.4, 0.5) is 5.13 Å². The maximum absolute atomic E-state index is 12.1. The number of thiophene rings is 1. The third-order valence-electron chi connectivity index (χ3n) is 3.87. The normalized spacial score (nSPS) is 10.6. The number of benzene rings is 1. The van der Waals surface area contributed by atoms with Gasteiger partial charge >= 0.3 is 0 Å². The van der Waals surface area contributed by atoms with Gasteiger partial charge in [-0.1, -0.05) is 47.4 Å². The molecular formula is C19H22N4O2S3. The Morgan fingerprint density at radius 2 is 2.04 bits per heavy atom. The number of ether oxygens (including phenoxy) is 1. The number of hydrogen-bond acceptors (Lipinski definition) is 8. The van der Waals surface area contributed by atoms with Crippen molar-refractivity contribution in [2.45, 2.75) is 17.2 Å². The van der Waals surface area contributed by atoms with Gasteiger partial charge in [0.1, 0.15) is 5.75 Å². The zero-order chi connectivity index (χ0) is 19.6. The Kier molecular flexibility index (Phi) is 8.13. The van der Waals surface area contributed by atoms with E-state index < -0.39 is 0 Å². The summed E-state index contributed by atoms with van der Waals surface area (Å²) in [4.78, 5) is 13.4. The number of aromatic nitrogens is 2. The minimum Gasteiger partial charge on any atom is -0.496 e. The van der Waals surface area contributed by atoms with Gasteiger partial charge in [0, 0.05) is 18.0 Å². The van der Waals surface area contributed by atoms with Gasteiger partial charge in [-0.25, -0.2) is 0 Å². The first-order valence-electron chi connectivity index (χ1n) is 8.86. The smallest absolute Gasteiger partial charge is 0.230 e. The second kappa shape index (κ2) is 11.0. The van der Waals surface area contributed by atoms with Crippen molar-refractivity contribution in [3.8, 4) is 5.75 Å². The Labute approximate surface area is 176 Å². The summed E-state index contributed by atoms with van der Waals surface area (Å²) in [5.41, 5.74) is 1.08. The molecule has 0 aliphatic heterocycles. The van der Waals surface area contributed by atoms with Crippen LogP contribution in [0.25, 0.3) is 0 Å². The average molecular weight is 435 g/mol. The molecule has 148 valence electrons. The van der Waals surface area contributed by atoms with E-state index in [9.17, 15) is 4.79 Å². The van der Waals surface area contributed by atoms with Crippen LogP contribution in [-0.4, -0.2) is 42.1 Å². The minimum atomic E-state index is -0.0118. The Hall–Kier alpha value is -2.10. The van der Waals surface area contributed by atoms with Crippen LogP contribution in [0, 0.1) is 0 Å². The molecule has 9 heteroatoms. The molecule has 0 spiro atoms. The Bertz CT molecular complexity index is 868. The first kappa shape index (κ1) is 20.6. The molecule has 3 aromatic rings. The third-order valence-corrected chi connectivity index (χ3v) is 6.82. The summed E-state index contributed by atoms with van der Waals surface area (Å²) in [7, 11) is 1.65. The van der Waals surface area contributed by atoms with Gasteiger partial charge in [0.05, 0.1) is 12.9 Å². The van der Waals surface area contributed by atoms with Crippen LogP contribution in [0.5, 0.6) is 5.75 Å². The average Bonchev–Trinajstić information content (AvgIpc) is 3.39. The van der Waals surface area contributed by atoms with E-state index in [0.717, 1.165) is 40.2 Å². The van der Waals surface area contributed by atoms with E-state index in [1.54, 1.807) is 18.4 Å². The van der Waals surface area contributed by atoms with E-state index in [0.29, 0.717) is 12.3 Å². The molecule has 0 saturated carbocycles. The van der Waals surface area contributed by atoms with Gasteiger partial charge in [0.2, 0.25) is 11.0 Å². The molecule has 1 aromatic carbocycles. The molecule has 2 heterocycles. The molecule has 3 rings (SSSR count). The van der Waals surface area contributed by atoms with Crippen LogP contribution < -0.4 is 15.4 Å². The molecule has 28 heavy (non-hydrogen) atoms. The van der Waals surface area contributed by atoms with Gasteiger partial charge in [0.25, 0.3) is 0 Å². The highest BCUT2D eigenvalue weighted by Gasteiger charge is 2.09. The molecule has 2 aromatic heterocycles. The summed E-state index contributed by atoms with van der Waals surface area (Å²) < 4.78 is 6.11. The van der Waals surface area contributed by atoms with E-state index >= 15 is 0 Å². The van der Waals surface area contributed by atoms with Gasteiger partial charge in [0.15, 0.2) is 4.34 Å². The van der Waals surface area contributed by atoms with Crippen LogP contribution in [0.15, 0.2) is 46.1 Å². The monoisotopic (exact) mass is 434 g/mol. The number of nitrogens with zero attached hydrogens (tertiary/aromatic N) is 2. The summed E-state index contributed by atoms with van der Waals surface area (Å²) in [6.07, 6.45) is 1.70. The molecule has 1 amide bonds. The summed E-state index contributed by atoms with van der Waals surface area (Å²) in [6.45, 7) is 1.40. The first-order chi connectivity index (χ1) is 13.7. The largest absolute Gasteiger partial charge is 0.496 e. The number of methoxy groups -OCH3 is 1. The molecule has 0 unspecified atom stereocenters. The van der Waals surface area contributed by atoms with Gasteiger partial charge in [-0.3, -0.25) is 4.79 Å². The molecule has 2 N–H and O–H groups in total. The highest BCUT2D eigenvalue weighted by molar-refractivity contribution is 8.01. The molecule has 0 bridgehead atoms. The van der Waals surface area contributed by atoms with Gasteiger partial charge in [-0.15, -0.1) is 21.5 Å². The maximum atomic E-state index is 12.1. The molecule has 0 saturated heterocycles. The molecule has 0 atom stereocenters. The number of amides is 1. The number of para-hydroxylation sites is 1. The Morgan fingerprint density at radius 1 is 1.14 bits per heavy atom. The molecule has 0 fully saturated rings. The highest BCUT2D eigenvalue weighted by Crippen LogP contribution is 2.25. The number of thioether (sulfide) groups is 1. The highest BCUT2D eigenvalue weighted by atomic mass is 32.2. The van der Waals surface area contributed by atoms with E-state index in [-0.39, 0.29) is 5.91 Å². The number of nitrogens with one attached hydrogen (secondary N) is 2. The predicted molar refractivity (Wildman–Crippen MR) is 117 cm³/mol. The fourth-order valence-electron chi connectivity index (χ4n) is 2.51. The van der Waals surface area contributed by atoms with Crippen LogP contribution in [0.1, 0.15) is 10.4 Å². The van der Waals surface area contributed by atoms with Crippen molar-refractivity contribution in [2.75, 3.05) is 31.3 Å². The molecule has 0 aliphatic carbocycles. The quantitative estimate of drug-likeness (QED) is 0.448. The van der Waals surface area contributed by atoms with Crippen molar-refractivity contribution in [2.24, 2.45) is 0 Å². The third kappa shape index (κ3) is 6.50. The Balaban J connectivity index is 1.33. The van der Waals surface area contributed by atoms with E-state index in [2.05, 4.69) is 38.3 Å². The van der Waals surface area contributed by atoms with Gasteiger partial charge < -0.3 is 15.4 Å². The van der Waals surface area contributed by atoms with E-state index in [1.807, 2.05) is 24.3 Å². The zero-order valence-corrected chi connectivity index (χ0v) is 18.0. The van der Waals surface area contributed by atoms with Gasteiger partial charge in [-0.2, -0.15) is 0 Å². The molecule has 0 aliphatic rings. The second-order valence-electron chi connectivity index (χ2n) is 5.83. The molecular weight excluding hydrogens is 412 g/mol. The molecule has 6 nitrogen and oxygen atoms in total. The number of hydrogen-bond donors (Lipinski definition) is 2. The maximum Gasteiger partial charge on any atom is 0.230 e. The van der Waals surface area contributed by atoms with Crippen LogP contribution in [0.2, 0.25) is 0 Å². The lowest BCUT2D eigenvalue weighted by molar-refractivity contribution is -0.118. The van der Waals surface area contributed by atoms with Crippen molar-refractivity contribution in [1.29, 1.82) is 0 Å².